The Morgan fingerprint density at radius 2 is 1.91 bits per heavy atom. The van der Waals surface area contributed by atoms with Crippen molar-refractivity contribution in [2.24, 2.45) is 0 Å². The number of aromatic nitrogens is 1. The average molecular weight is 426 g/mol. The van der Waals surface area contributed by atoms with Crippen molar-refractivity contribution in [2.45, 2.75) is 13.3 Å². The summed E-state index contributed by atoms with van der Waals surface area (Å²) < 4.78 is 18.6. The number of nitrogens with zero attached hydrogens (tertiary/aromatic N) is 2. The lowest BCUT2D eigenvalue weighted by Gasteiger charge is -2.23. The first-order valence-corrected chi connectivity index (χ1v) is 10.3. The number of hydrogen-bond donors (Lipinski definition) is 0. The molecule has 2 heterocycles. The Morgan fingerprint density at radius 3 is 2.69 bits per heavy atom. The highest BCUT2D eigenvalue weighted by molar-refractivity contribution is 6.08. The minimum absolute atomic E-state index is 0.0876. The van der Waals surface area contributed by atoms with E-state index in [0.717, 1.165) is 23.2 Å². The molecule has 0 amide bonds. The van der Waals surface area contributed by atoms with Crippen LogP contribution in [0.15, 0.2) is 66.7 Å². The summed E-state index contributed by atoms with van der Waals surface area (Å²) in [7, 11) is 0. The van der Waals surface area contributed by atoms with Crippen LogP contribution >= 0.6 is 0 Å². The normalized spacial score (nSPS) is 12.6. The molecule has 1 aromatic heterocycles. The van der Waals surface area contributed by atoms with Gasteiger partial charge in [0.15, 0.2) is 0 Å². The van der Waals surface area contributed by atoms with Gasteiger partial charge in [0.1, 0.15) is 11.6 Å². The maximum absolute atomic E-state index is 13.9. The first-order chi connectivity index (χ1) is 15.6. The number of halogens is 1. The van der Waals surface area contributed by atoms with Crippen LogP contribution in [0.2, 0.25) is 0 Å². The van der Waals surface area contributed by atoms with E-state index in [9.17, 15) is 14.0 Å². The van der Waals surface area contributed by atoms with Crippen LogP contribution in [0.4, 0.5) is 15.9 Å². The van der Waals surface area contributed by atoms with Crippen molar-refractivity contribution in [3.8, 4) is 11.1 Å². The van der Waals surface area contributed by atoms with E-state index in [1.165, 1.54) is 23.8 Å². The van der Waals surface area contributed by atoms with Gasteiger partial charge >= 0.3 is 12.4 Å². The fourth-order valence-corrected chi connectivity index (χ4v) is 4.49. The monoisotopic (exact) mass is 426 g/mol. The van der Waals surface area contributed by atoms with Crippen molar-refractivity contribution in [1.29, 1.82) is 0 Å². The van der Waals surface area contributed by atoms with E-state index in [-0.39, 0.29) is 12.0 Å². The first-order valence-electron chi connectivity index (χ1n) is 10.3. The molecule has 4 aromatic rings. The van der Waals surface area contributed by atoms with Crippen LogP contribution in [0.25, 0.3) is 22.0 Å². The predicted molar refractivity (Wildman–Crippen MR) is 121 cm³/mol. The largest absolute Gasteiger partial charge is 0.392 e. The molecule has 6 heteroatoms. The molecule has 1 aliphatic rings. The highest BCUT2D eigenvalue weighted by Gasteiger charge is 2.28. The molecule has 0 unspecified atom stereocenters. The van der Waals surface area contributed by atoms with Crippen LogP contribution in [0.3, 0.4) is 0 Å². The molecular weight excluding hydrogens is 407 g/mol. The Balaban J connectivity index is 1.70. The van der Waals surface area contributed by atoms with E-state index in [0.29, 0.717) is 28.8 Å². The highest BCUT2D eigenvalue weighted by Crippen LogP contribution is 2.41. The summed E-state index contributed by atoms with van der Waals surface area (Å²) in [5, 5.41) is 0.315. The van der Waals surface area contributed by atoms with Crippen LogP contribution in [0.1, 0.15) is 21.5 Å². The third-order valence-electron chi connectivity index (χ3n) is 5.89. The van der Waals surface area contributed by atoms with Crippen molar-refractivity contribution in [3.05, 3.63) is 89.2 Å². The summed E-state index contributed by atoms with van der Waals surface area (Å²) in [6, 6.07) is 20.4. The number of anilines is 2. The molecule has 5 nitrogen and oxygen atoms in total. The zero-order valence-corrected chi connectivity index (χ0v) is 17.3. The topological polar surface area (TPSA) is 59.5 Å². The Labute approximate surface area is 184 Å². The maximum atomic E-state index is 13.9. The predicted octanol–water partition coefficient (Wildman–Crippen LogP) is 5.36. The number of hydrogen-bond acceptors (Lipinski definition) is 5. The van der Waals surface area contributed by atoms with Gasteiger partial charge in [0.25, 0.3) is 0 Å². The molecular formula is C26H19FN2O3. The number of carbonyl (C=O) groups is 2. The van der Waals surface area contributed by atoms with Gasteiger partial charge < -0.3 is 9.64 Å². The van der Waals surface area contributed by atoms with Crippen molar-refractivity contribution in [1.82, 2.24) is 4.98 Å². The number of benzene rings is 3. The minimum atomic E-state index is -0.825. The molecule has 0 spiro atoms. The Morgan fingerprint density at radius 1 is 1.09 bits per heavy atom. The lowest BCUT2D eigenvalue weighted by Crippen LogP contribution is -2.19. The number of fused-ring (bicyclic) bond motifs is 2. The van der Waals surface area contributed by atoms with Gasteiger partial charge in [-0.1, -0.05) is 42.5 Å². The van der Waals surface area contributed by atoms with Crippen molar-refractivity contribution < 1.29 is 18.7 Å². The second kappa shape index (κ2) is 7.89. The quantitative estimate of drug-likeness (QED) is 0.250. The van der Waals surface area contributed by atoms with E-state index in [1.807, 2.05) is 30.3 Å². The average Bonchev–Trinajstić information content (AvgIpc) is 3.23. The number of carbonyl (C=O) groups excluding carboxylic acids is 2. The fourth-order valence-electron chi connectivity index (χ4n) is 4.49. The molecule has 0 atom stereocenters. The molecule has 5 rings (SSSR count). The molecule has 0 radical (unpaired) electrons. The van der Waals surface area contributed by atoms with Gasteiger partial charge in [-0.05, 0) is 54.3 Å². The van der Waals surface area contributed by atoms with Crippen LogP contribution in [0.5, 0.6) is 0 Å². The molecule has 0 N–H and O–H groups in total. The Bertz CT molecular complexity index is 1370. The zero-order chi connectivity index (χ0) is 22.2. The summed E-state index contributed by atoms with van der Waals surface area (Å²) in [6.45, 7) is 2.51. The second-order valence-corrected chi connectivity index (χ2v) is 7.67. The minimum Gasteiger partial charge on any atom is -0.392 e. The third-order valence-corrected chi connectivity index (χ3v) is 5.89. The Kier molecular flexibility index (Phi) is 4.90. The smallest absolute Gasteiger partial charge is 0.346 e. The number of ether oxygens (including phenoxy) is 1. The summed E-state index contributed by atoms with van der Waals surface area (Å²) in [4.78, 5) is 30.3. The highest BCUT2D eigenvalue weighted by atomic mass is 19.1. The standard InChI is InChI=1S/C26H19FN2O3/c1-16-24(26(31)32-15-30)21-14-18(27)10-11-22(21)28-25(16)29-13-12-20-19(8-5-9-23(20)29)17-6-3-2-4-7-17/h2-11,14-15H,12-13H2,1H3. The van der Waals surface area contributed by atoms with Gasteiger partial charge in [0.2, 0.25) is 0 Å². The van der Waals surface area contributed by atoms with Crippen molar-refractivity contribution in [2.75, 3.05) is 11.4 Å². The van der Waals surface area contributed by atoms with Gasteiger partial charge in [-0.2, -0.15) is 0 Å². The molecule has 3 aromatic carbocycles. The first kappa shape index (κ1) is 19.9. The molecule has 0 bridgehead atoms. The van der Waals surface area contributed by atoms with E-state index in [4.69, 9.17) is 4.98 Å². The van der Waals surface area contributed by atoms with Crippen LogP contribution in [-0.2, 0) is 16.0 Å². The third kappa shape index (κ3) is 3.21. The lowest BCUT2D eigenvalue weighted by atomic mass is 9.98. The summed E-state index contributed by atoms with van der Waals surface area (Å²) in [5.74, 6) is -0.731. The molecule has 1 aliphatic heterocycles. The number of rotatable bonds is 4. The molecule has 158 valence electrons. The number of pyridine rings is 1. The molecule has 32 heavy (non-hydrogen) atoms. The zero-order valence-electron chi connectivity index (χ0n) is 17.3. The van der Waals surface area contributed by atoms with Crippen molar-refractivity contribution >= 4 is 34.8 Å². The van der Waals surface area contributed by atoms with Gasteiger partial charge in [0.05, 0.1) is 11.1 Å². The van der Waals surface area contributed by atoms with E-state index >= 15 is 0 Å². The van der Waals surface area contributed by atoms with Gasteiger partial charge in [-0.25, -0.2) is 14.2 Å². The summed E-state index contributed by atoms with van der Waals surface area (Å²) in [6.07, 6.45) is 0.817. The van der Waals surface area contributed by atoms with E-state index in [2.05, 4.69) is 27.8 Å². The number of esters is 1. The van der Waals surface area contributed by atoms with E-state index in [1.54, 1.807) is 6.92 Å². The molecule has 0 fully saturated rings. The van der Waals surface area contributed by atoms with Crippen molar-refractivity contribution in [3.63, 3.8) is 0 Å². The van der Waals surface area contributed by atoms with E-state index < -0.39 is 11.8 Å². The van der Waals surface area contributed by atoms with Gasteiger partial charge in [0, 0.05) is 23.2 Å². The fraction of sp³-hybridized carbons (Fsp3) is 0.115. The van der Waals surface area contributed by atoms with Gasteiger partial charge in [-0.15, -0.1) is 0 Å². The Hall–Kier alpha value is -4.06. The SMILES string of the molecule is Cc1c(N2CCc3c(-c4ccccc4)cccc32)nc2ccc(F)cc2c1C(=O)OC=O. The summed E-state index contributed by atoms with van der Waals surface area (Å²) >= 11 is 0. The second-order valence-electron chi connectivity index (χ2n) is 7.67. The lowest BCUT2D eigenvalue weighted by molar-refractivity contribution is -0.123. The van der Waals surface area contributed by atoms with Crippen LogP contribution in [-0.4, -0.2) is 24.0 Å². The molecule has 0 saturated carbocycles. The summed E-state index contributed by atoms with van der Waals surface area (Å²) in [5.41, 5.74) is 5.65. The maximum Gasteiger partial charge on any atom is 0.346 e. The molecule has 0 saturated heterocycles. The molecule has 0 aliphatic carbocycles. The van der Waals surface area contributed by atoms with Crippen LogP contribution < -0.4 is 4.90 Å². The van der Waals surface area contributed by atoms with Crippen LogP contribution in [0, 0.1) is 12.7 Å². The van der Waals surface area contributed by atoms with Gasteiger partial charge in [-0.3, -0.25) is 4.79 Å².